The lowest BCUT2D eigenvalue weighted by molar-refractivity contribution is -0.118. The van der Waals surface area contributed by atoms with E-state index in [4.69, 9.17) is 15.2 Å². The summed E-state index contributed by atoms with van der Waals surface area (Å²) in [7, 11) is 1.57. The number of nitrogens with one attached hydrogen (secondary N) is 2. The van der Waals surface area contributed by atoms with Crippen LogP contribution < -0.4 is 25.8 Å². The molecule has 2 amide bonds. The van der Waals surface area contributed by atoms with Gasteiger partial charge >= 0.3 is 0 Å². The molecule has 0 saturated heterocycles. The Morgan fingerprint density at radius 2 is 1.86 bits per heavy atom. The summed E-state index contributed by atoms with van der Waals surface area (Å²) in [4.78, 5) is 24.6. The second kappa shape index (κ2) is 8.96. The maximum absolute atomic E-state index is 12.5. The van der Waals surface area contributed by atoms with Crippen LogP contribution in [0.3, 0.4) is 0 Å². The summed E-state index contributed by atoms with van der Waals surface area (Å²) in [6.07, 6.45) is 2.19. The number of ether oxygens (including phenoxy) is 2. The van der Waals surface area contributed by atoms with Crippen LogP contribution in [0.25, 0.3) is 0 Å². The topological polar surface area (TPSA) is 103 Å². The molecule has 29 heavy (non-hydrogen) atoms. The van der Waals surface area contributed by atoms with Crippen LogP contribution in [-0.4, -0.2) is 37.6 Å². The van der Waals surface area contributed by atoms with Gasteiger partial charge in [0.1, 0.15) is 11.5 Å². The molecule has 3 rings (SSSR count). The van der Waals surface area contributed by atoms with Gasteiger partial charge in [-0.3, -0.25) is 9.59 Å². The van der Waals surface area contributed by atoms with Gasteiger partial charge in [-0.05, 0) is 62.1 Å². The molecule has 1 atom stereocenters. The van der Waals surface area contributed by atoms with E-state index in [1.165, 1.54) is 0 Å². The van der Waals surface area contributed by atoms with E-state index in [0.717, 1.165) is 12.8 Å². The second-order valence-corrected chi connectivity index (χ2v) is 7.44. The third-order valence-electron chi connectivity index (χ3n) is 5.14. The minimum absolute atomic E-state index is 0.143. The Labute approximate surface area is 170 Å². The number of benzene rings is 2. The van der Waals surface area contributed by atoms with Crippen molar-refractivity contribution in [1.29, 1.82) is 0 Å². The van der Waals surface area contributed by atoms with Crippen molar-refractivity contribution < 1.29 is 19.1 Å². The molecule has 1 unspecified atom stereocenters. The fourth-order valence-electron chi connectivity index (χ4n) is 3.12. The Bertz CT molecular complexity index is 865. The molecular formula is C22H27N3O4. The summed E-state index contributed by atoms with van der Waals surface area (Å²) in [5, 5.41) is 5.79. The number of hydrogen-bond donors (Lipinski definition) is 3. The molecule has 7 heteroatoms. The molecule has 154 valence electrons. The average Bonchev–Trinajstić information content (AvgIpc) is 3.58. The first kappa shape index (κ1) is 20.7. The van der Waals surface area contributed by atoms with Crippen molar-refractivity contribution in [3.63, 3.8) is 0 Å². The van der Waals surface area contributed by atoms with Gasteiger partial charge in [-0.15, -0.1) is 0 Å². The van der Waals surface area contributed by atoms with Gasteiger partial charge in [0.05, 0.1) is 12.6 Å². The molecule has 0 spiro atoms. The van der Waals surface area contributed by atoms with Crippen molar-refractivity contribution in [2.24, 2.45) is 11.7 Å². The van der Waals surface area contributed by atoms with Crippen LogP contribution in [0.5, 0.6) is 11.5 Å². The van der Waals surface area contributed by atoms with Gasteiger partial charge in [0.25, 0.3) is 11.8 Å². The molecule has 2 aromatic carbocycles. The minimum Gasteiger partial charge on any atom is -0.497 e. The highest BCUT2D eigenvalue weighted by atomic mass is 16.5. The number of anilines is 1. The van der Waals surface area contributed by atoms with Gasteiger partial charge in [0.15, 0.2) is 6.61 Å². The molecule has 0 aliphatic heterocycles. The van der Waals surface area contributed by atoms with E-state index in [-0.39, 0.29) is 24.0 Å². The summed E-state index contributed by atoms with van der Waals surface area (Å²) >= 11 is 0. The highest BCUT2D eigenvalue weighted by Crippen LogP contribution is 2.39. The van der Waals surface area contributed by atoms with E-state index in [0.29, 0.717) is 35.2 Å². The Morgan fingerprint density at radius 3 is 2.48 bits per heavy atom. The maximum atomic E-state index is 12.5. The van der Waals surface area contributed by atoms with Crippen LogP contribution in [-0.2, 0) is 4.79 Å². The standard InChI is InChI=1S/C22H27N3O4/c1-22(14-23,16-8-9-16)25-21(27)15-6-10-18(11-7-15)29-13-20(26)24-17-4-3-5-19(12-17)28-2/h3-7,10-12,16H,8-9,13-14,23H2,1-2H3,(H,24,26)(H,25,27). The third kappa shape index (κ3) is 5.48. The van der Waals surface area contributed by atoms with Crippen molar-refractivity contribution in [3.8, 4) is 11.5 Å². The normalized spacial score (nSPS) is 15.1. The number of amides is 2. The van der Waals surface area contributed by atoms with Gasteiger partial charge in [-0.2, -0.15) is 0 Å². The largest absolute Gasteiger partial charge is 0.497 e. The van der Waals surface area contributed by atoms with Crippen LogP contribution in [0.15, 0.2) is 48.5 Å². The van der Waals surface area contributed by atoms with Gasteiger partial charge in [0.2, 0.25) is 0 Å². The highest BCUT2D eigenvalue weighted by Gasteiger charge is 2.41. The Morgan fingerprint density at radius 1 is 1.14 bits per heavy atom. The van der Waals surface area contributed by atoms with Crippen molar-refractivity contribution in [3.05, 3.63) is 54.1 Å². The molecule has 1 saturated carbocycles. The molecule has 4 N–H and O–H groups in total. The van der Waals surface area contributed by atoms with E-state index in [2.05, 4.69) is 10.6 Å². The lowest BCUT2D eigenvalue weighted by Gasteiger charge is -2.29. The van der Waals surface area contributed by atoms with Crippen LogP contribution in [0, 0.1) is 5.92 Å². The maximum Gasteiger partial charge on any atom is 0.262 e. The lowest BCUT2D eigenvalue weighted by atomic mass is 9.95. The Hall–Kier alpha value is -3.06. The predicted molar refractivity (Wildman–Crippen MR) is 111 cm³/mol. The van der Waals surface area contributed by atoms with Crippen molar-refractivity contribution in [2.75, 3.05) is 25.6 Å². The monoisotopic (exact) mass is 397 g/mol. The first-order chi connectivity index (χ1) is 13.9. The molecule has 0 aromatic heterocycles. The fourth-order valence-corrected chi connectivity index (χ4v) is 3.12. The summed E-state index contributed by atoms with van der Waals surface area (Å²) in [5.41, 5.74) is 6.64. The Kier molecular flexibility index (Phi) is 6.39. The quantitative estimate of drug-likeness (QED) is 0.603. The van der Waals surface area contributed by atoms with Crippen LogP contribution in [0.1, 0.15) is 30.1 Å². The van der Waals surface area contributed by atoms with E-state index in [1.54, 1.807) is 55.6 Å². The fraction of sp³-hybridized carbons (Fsp3) is 0.364. The molecule has 0 radical (unpaired) electrons. The summed E-state index contributed by atoms with van der Waals surface area (Å²) in [6.45, 7) is 2.25. The highest BCUT2D eigenvalue weighted by molar-refractivity contribution is 5.95. The Balaban J connectivity index is 1.51. The minimum atomic E-state index is -0.371. The average molecular weight is 397 g/mol. The zero-order valence-corrected chi connectivity index (χ0v) is 16.7. The number of rotatable bonds is 9. The van der Waals surface area contributed by atoms with E-state index in [9.17, 15) is 9.59 Å². The molecule has 7 nitrogen and oxygen atoms in total. The van der Waals surface area contributed by atoms with Crippen molar-refractivity contribution in [2.45, 2.75) is 25.3 Å². The number of methoxy groups -OCH3 is 1. The van der Waals surface area contributed by atoms with Gasteiger partial charge < -0.3 is 25.8 Å². The number of carbonyl (C=O) groups is 2. The molecule has 0 heterocycles. The van der Waals surface area contributed by atoms with Crippen LogP contribution in [0.2, 0.25) is 0 Å². The van der Waals surface area contributed by atoms with Gasteiger partial charge in [0, 0.05) is 23.9 Å². The zero-order chi connectivity index (χ0) is 20.9. The van der Waals surface area contributed by atoms with E-state index < -0.39 is 0 Å². The molecular weight excluding hydrogens is 370 g/mol. The molecule has 2 aromatic rings. The van der Waals surface area contributed by atoms with Gasteiger partial charge in [-0.1, -0.05) is 6.07 Å². The van der Waals surface area contributed by atoms with Crippen molar-refractivity contribution >= 4 is 17.5 Å². The number of hydrogen-bond acceptors (Lipinski definition) is 5. The predicted octanol–water partition coefficient (Wildman–Crippen LogP) is 2.57. The van der Waals surface area contributed by atoms with E-state index in [1.807, 2.05) is 6.92 Å². The van der Waals surface area contributed by atoms with Gasteiger partial charge in [-0.25, -0.2) is 0 Å². The number of nitrogens with two attached hydrogens (primary N) is 1. The smallest absolute Gasteiger partial charge is 0.262 e. The van der Waals surface area contributed by atoms with Crippen LogP contribution >= 0.6 is 0 Å². The zero-order valence-electron chi connectivity index (χ0n) is 16.7. The number of carbonyl (C=O) groups excluding carboxylic acids is 2. The summed E-state index contributed by atoms with van der Waals surface area (Å²) in [5.74, 6) is 1.16. The van der Waals surface area contributed by atoms with Crippen molar-refractivity contribution in [1.82, 2.24) is 5.32 Å². The lowest BCUT2D eigenvalue weighted by Crippen LogP contribution is -2.53. The molecule has 1 aliphatic rings. The first-order valence-corrected chi connectivity index (χ1v) is 9.63. The third-order valence-corrected chi connectivity index (χ3v) is 5.14. The SMILES string of the molecule is COc1cccc(NC(=O)COc2ccc(C(=O)NC(C)(CN)C3CC3)cc2)c1. The van der Waals surface area contributed by atoms with E-state index >= 15 is 0 Å². The molecule has 1 fully saturated rings. The van der Waals surface area contributed by atoms with Crippen LogP contribution in [0.4, 0.5) is 5.69 Å². The summed E-state index contributed by atoms with van der Waals surface area (Å²) in [6, 6.07) is 13.8. The molecule has 0 bridgehead atoms. The second-order valence-electron chi connectivity index (χ2n) is 7.44. The molecule has 1 aliphatic carbocycles. The summed E-state index contributed by atoms with van der Waals surface area (Å²) < 4.78 is 10.6. The first-order valence-electron chi connectivity index (χ1n) is 9.63.